The van der Waals surface area contributed by atoms with E-state index in [4.69, 9.17) is 14.2 Å². The number of morpholine rings is 1. The average Bonchev–Trinajstić information content (AvgIpc) is 3.32. The van der Waals surface area contributed by atoms with E-state index in [1.54, 1.807) is 11.8 Å². The molecule has 0 unspecified atom stereocenters. The van der Waals surface area contributed by atoms with Gasteiger partial charge < -0.3 is 35.1 Å². The minimum atomic E-state index is -1.10. The lowest BCUT2D eigenvalue weighted by Crippen LogP contribution is -2.64. The smallest absolute Gasteiger partial charge is 0.318 e. The van der Waals surface area contributed by atoms with Crippen molar-refractivity contribution in [1.82, 2.24) is 20.9 Å². The van der Waals surface area contributed by atoms with E-state index in [0.717, 1.165) is 25.7 Å². The van der Waals surface area contributed by atoms with Gasteiger partial charge in [-0.05, 0) is 26.2 Å². The van der Waals surface area contributed by atoms with Gasteiger partial charge in [0, 0.05) is 13.1 Å². The number of nitrogens with one attached hydrogen (secondary N) is 3. The number of unbranched alkanes of at least 4 members (excludes halogenated alkanes) is 1. The molecule has 0 aromatic heterocycles. The Hall–Kier alpha value is -2.24. The SMILES string of the molecule is CCCC[C@H](NC(=O)C1(NC(=O)N2CCOCC2)CCCCC1)C(=O)C(=O)NCC1(C)OCCO1. The van der Waals surface area contributed by atoms with E-state index < -0.39 is 35.0 Å². The molecule has 3 fully saturated rings. The number of ether oxygens (including phenoxy) is 3. The van der Waals surface area contributed by atoms with Crippen LogP contribution in [0.1, 0.15) is 65.2 Å². The molecule has 0 radical (unpaired) electrons. The molecule has 11 nitrogen and oxygen atoms in total. The minimum Gasteiger partial charge on any atom is -0.378 e. The Morgan fingerprint density at radius 1 is 0.971 bits per heavy atom. The van der Waals surface area contributed by atoms with Crippen molar-refractivity contribution in [2.45, 2.75) is 82.6 Å². The lowest BCUT2D eigenvalue weighted by molar-refractivity contribution is -0.150. The first-order valence-corrected chi connectivity index (χ1v) is 12.8. The standard InChI is InChI=1S/C24H40N4O7/c1-3-4-8-18(19(29)20(30)25-17-23(2)34-15-16-35-23)26-21(31)24(9-6-5-7-10-24)27-22(32)28-11-13-33-14-12-28/h18H,3-17H2,1-2H3,(H,25,30)(H,26,31)(H,27,32)/t18-/m0/s1. The predicted octanol–water partition coefficient (Wildman–Crippen LogP) is 0.854. The molecule has 11 heteroatoms. The van der Waals surface area contributed by atoms with Crippen LogP contribution in [0.3, 0.4) is 0 Å². The summed E-state index contributed by atoms with van der Waals surface area (Å²) in [4.78, 5) is 53.8. The number of Topliss-reactive ketones (excluding diaryl/α,β-unsaturated/α-hetero) is 1. The highest BCUT2D eigenvalue weighted by atomic mass is 16.7. The summed E-state index contributed by atoms with van der Waals surface area (Å²) < 4.78 is 16.3. The monoisotopic (exact) mass is 496 g/mol. The third-order valence-corrected chi connectivity index (χ3v) is 6.95. The van der Waals surface area contributed by atoms with Crippen LogP contribution in [0.5, 0.6) is 0 Å². The van der Waals surface area contributed by atoms with Crippen molar-refractivity contribution in [3.8, 4) is 0 Å². The van der Waals surface area contributed by atoms with E-state index in [2.05, 4.69) is 16.0 Å². The first-order valence-electron chi connectivity index (χ1n) is 12.8. The molecular weight excluding hydrogens is 456 g/mol. The fraction of sp³-hybridized carbons (Fsp3) is 0.833. The molecule has 0 bridgehead atoms. The summed E-state index contributed by atoms with van der Waals surface area (Å²) in [6.07, 6.45) is 5.36. The number of carbonyl (C=O) groups is 4. The molecule has 35 heavy (non-hydrogen) atoms. The Kier molecular flexibility index (Phi) is 9.88. The highest BCUT2D eigenvalue weighted by Crippen LogP contribution is 2.29. The van der Waals surface area contributed by atoms with Crippen molar-refractivity contribution < 1.29 is 33.4 Å². The van der Waals surface area contributed by atoms with Crippen molar-refractivity contribution in [2.75, 3.05) is 46.1 Å². The second-order valence-corrected chi connectivity index (χ2v) is 9.72. The average molecular weight is 497 g/mol. The lowest BCUT2D eigenvalue weighted by atomic mass is 9.80. The number of rotatable bonds is 10. The normalized spacial score (nSPS) is 22.2. The quantitative estimate of drug-likeness (QED) is 0.382. The third kappa shape index (κ3) is 7.37. The highest BCUT2D eigenvalue weighted by Gasteiger charge is 2.43. The van der Waals surface area contributed by atoms with Crippen LogP contribution in [0.4, 0.5) is 4.79 Å². The van der Waals surface area contributed by atoms with E-state index in [1.165, 1.54) is 0 Å². The highest BCUT2D eigenvalue weighted by molar-refractivity contribution is 6.38. The van der Waals surface area contributed by atoms with Gasteiger partial charge in [-0.2, -0.15) is 0 Å². The molecule has 1 aliphatic carbocycles. The molecule has 1 saturated carbocycles. The van der Waals surface area contributed by atoms with Crippen LogP contribution < -0.4 is 16.0 Å². The van der Waals surface area contributed by atoms with Crippen molar-refractivity contribution in [3.05, 3.63) is 0 Å². The first-order chi connectivity index (χ1) is 16.8. The van der Waals surface area contributed by atoms with Crippen LogP contribution in [0.2, 0.25) is 0 Å². The fourth-order valence-corrected chi connectivity index (χ4v) is 4.73. The van der Waals surface area contributed by atoms with Crippen molar-refractivity contribution in [2.24, 2.45) is 0 Å². The molecule has 198 valence electrons. The van der Waals surface area contributed by atoms with E-state index in [9.17, 15) is 19.2 Å². The molecule has 3 aliphatic rings. The summed E-state index contributed by atoms with van der Waals surface area (Å²) in [5.74, 6) is -2.87. The number of carbonyl (C=O) groups excluding carboxylic acids is 4. The molecular formula is C24H40N4O7. The van der Waals surface area contributed by atoms with Crippen LogP contribution in [-0.4, -0.2) is 92.0 Å². The Morgan fingerprint density at radius 3 is 2.26 bits per heavy atom. The number of hydrogen-bond acceptors (Lipinski definition) is 7. The Morgan fingerprint density at radius 2 is 1.63 bits per heavy atom. The molecule has 0 spiro atoms. The van der Waals surface area contributed by atoms with E-state index in [-0.39, 0.29) is 12.6 Å². The maximum absolute atomic E-state index is 13.6. The van der Waals surface area contributed by atoms with E-state index >= 15 is 0 Å². The van der Waals surface area contributed by atoms with Gasteiger partial charge in [-0.3, -0.25) is 14.4 Å². The summed E-state index contributed by atoms with van der Waals surface area (Å²) in [5.41, 5.74) is -1.10. The van der Waals surface area contributed by atoms with Crippen molar-refractivity contribution in [3.63, 3.8) is 0 Å². The summed E-state index contributed by atoms with van der Waals surface area (Å²) in [7, 11) is 0. The predicted molar refractivity (Wildman–Crippen MR) is 127 cm³/mol. The van der Waals surface area contributed by atoms with Crippen LogP contribution in [0.25, 0.3) is 0 Å². The largest absolute Gasteiger partial charge is 0.378 e. The van der Waals surface area contributed by atoms with Gasteiger partial charge in [0.2, 0.25) is 11.7 Å². The maximum Gasteiger partial charge on any atom is 0.318 e. The van der Waals surface area contributed by atoms with E-state index in [0.29, 0.717) is 65.2 Å². The number of amides is 4. The summed E-state index contributed by atoms with van der Waals surface area (Å²) in [6.45, 7) is 6.42. The van der Waals surface area contributed by atoms with Crippen LogP contribution in [-0.2, 0) is 28.6 Å². The second kappa shape index (κ2) is 12.6. The summed E-state index contributed by atoms with van der Waals surface area (Å²) in [6, 6.07) is -1.27. The molecule has 2 aliphatic heterocycles. The molecule has 0 aromatic rings. The topological polar surface area (TPSA) is 135 Å². The lowest BCUT2D eigenvalue weighted by Gasteiger charge is -2.39. The van der Waals surface area contributed by atoms with Crippen molar-refractivity contribution >= 4 is 23.6 Å². The molecule has 0 aromatic carbocycles. The third-order valence-electron chi connectivity index (χ3n) is 6.95. The van der Waals surface area contributed by atoms with Gasteiger partial charge in [0.1, 0.15) is 5.54 Å². The number of ketones is 1. The second-order valence-electron chi connectivity index (χ2n) is 9.72. The molecule has 2 heterocycles. The minimum absolute atomic E-state index is 0.0333. The Labute approximate surface area is 207 Å². The summed E-state index contributed by atoms with van der Waals surface area (Å²) in [5, 5.41) is 8.37. The van der Waals surface area contributed by atoms with Gasteiger partial charge in [-0.15, -0.1) is 0 Å². The van der Waals surface area contributed by atoms with Gasteiger partial charge in [0.25, 0.3) is 5.91 Å². The molecule has 1 atom stereocenters. The zero-order valence-electron chi connectivity index (χ0n) is 21.0. The van der Waals surface area contributed by atoms with Gasteiger partial charge in [0.05, 0.1) is 39.0 Å². The van der Waals surface area contributed by atoms with Crippen molar-refractivity contribution in [1.29, 1.82) is 0 Å². The Bertz CT molecular complexity index is 757. The van der Waals surface area contributed by atoms with Gasteiger partial charge in [-0.25, -0.2) is 4.79 Å². The Balaban J connectivity index is 1.66. The molecule has 4 amide bonds. The van der Waals surface area contributed by atoms with Gasteiger partial charge in [-0.1, -0.05) is 39.0 Å². The van der Waals surface area contributed by atoms with Crippen LogP contribution >= 0.6 is 0 Å². The fourth-order valence-electron chi connectivity index (χ4n) is 4.73. The van der Waals surface area contributed by atoms with Crippen LogP contribution in [0.15, 0.2) is 0 Å². The molecule has 3 rings (SSSR count). The number of urea groups is 1. The molecule has 3 N–H and O–H groups in total. The maximum atomic E-state index is 13.6. The molecule has 2 saturated heterocycles. The first kappa shape index (κ1) is 27.3. The zero-order valence-corrected chi connectivity index (χ0v) is 21.0. The van der Waals surface area contributed by atoms with Gasteiger partial charge in [0.15, 0.2) is 5.79 Å². The number of nitrogens with zero attached hydrogens (tertiary/aromatic N) is 1. The summed E-state index contributed by atoms with van der Waals surface area (Å²) >= 11 is 0. The van der Waals surface area contributed by atoms with Crippen LogP contribution in [0, 0.1) is 0 Å². The van der Waals surface area contributed by atoms with Gasteiger partial charge >= 0.3 is 6.03 Å². The van der Waals surface area contributed by atoms with E-state index in [1.807, 2.05) is 6.92 Å². The zero-order chi connectivity index (χ0) is 25.3. The number of hydrogen-bond donors (Lipinski definition) is 3.